The average Bonchev–Trinajstić information content (AvgIpc) is 3.24. The molecule has 0 unspecified atom stereocenters. The molecule has 1 saturated carbocycles. The van der Waals surface area contributed by atoms with Crippen molar-refractivity contribution in [1.82, 2.24) is 5.32 Å². The van der Waals surface area contributed by atoms with Crippen LogP contribution in [0.1, 0.15) is 35.1 Å². The summed E-state index contributed by atoms with van der Waals surface area (Å²) in [5.74, 6) is 0. The lowest BCUT2D eigenvalue weighted by atomic mass is 9.86. The van der Waals surface area contributed by atoms with E-state index in [9.17, 15) is 0 Å². The Kier molecular flexibility index (Phi) is 3.16. The van der Waals surface area contributed by atoms with Crippen LogP contribution in [0.5, 0.6) is 0 Å². The molecule has 1 nitrogen and oxygen atoms in total. The Morgan fingerprint density at radius 2 is 1.74 bits per heavy atom. The van der Waals surface area contributed by atoms with Crippen molar-refractivity contribution in [2.45, 2.75) is 31.7 Å². The highest BCUT2D eigenvalue weighted by Crippen LogP contribution is 2.53. The van der Waals surface area contributed by atoms with Crippen molar-refractivity contribution >= 4 is 0 Å². The summed E-state index contributed by atoms with van der Waals surface area (Å²) in [4.78, 5) is 0. The van der Waals surface area contributed by atoms with Gasteiger partial charge in [0.25, 0.3) is 0 Å². The Labute approximate surface area is 115 Å². The molecule has 1 heteroatoms. The quantitative estimate of drug-likeness (QED) is 0.871. The zero-order valence-electron chi connectivity index (χ0n) is 11.7. The van der Waals surface area contributed by atoms with Crippen molar-refractivity contribution in [2.75, 3.05) is 7.05 Å². The highest BCUT2D eigenvalue weighted by molar-refractivity contribution is 5.47. The van der Waals surface area contributed by atoms with Crippen molar-refractivity contribution in [2.24, 2.45) is 0 Å². The van der Waals surface area contributed by atoms with Gasteiger partial charge in [0, 0.05) is 12.0 Å². The van der Waals surface area contributed by atoms with E-state index in [2.05, 4.69) is 60.8 Å². The van der Waals surface area contributed by atoms with Crippen LogP contribution in [0.3, 0.4) is 0 Å². The molecule has 1 aliphatic carbocycles. The van der Waals surface area contributed by atoms with Crippen molar-refractivity contribution < 1.29 is 0 Å². The summed E-state index contributed by atoms with van der Waals surface area (Å²) < 4.78 is 0. The van der Waals surface area contributed by atoms with Crippen LogP contribution >= 0.6 is 0 Å². The van der Waals surface area contributed by atoms with E-state index in [4.69, 9.17) is 0 Å². The number of hydrogen-bond donors (Lipinski definition) is 1. The van der Waals surface area contributed by atoms with Gasteiger partial charge < -0.3 is 5.32 Å². The summed E-state index contributed by atoms with van der Waals surface area (Å²) in [7, 11) is 2.00. The van der Waals surface area contributed by atoms with Crippen LogP contribution in [0, 0.1) is 6.92 Å². The maximum atomic E-state index is 3.23. The molecule has 0 aromatic heterocycles. The van der Waals surface area contributed by atoms with Crippen LogP contribution in [0.4, 0.5) is 0 Å². The molecule has 3 rings (SSSR count). The van der Waals surface area contributed by atoms with E-state index in [1.54, 1.807) is 0 Å². The van der Waals surface area contributed by atoms with Gasteiger partial charge in [-0.05, 0) is 49.1 Å². The standard InChI is InChI=1S/C18H21N/c1-14-12-17(9-8-15(14)13-19-2)18(10-11-18)16-6-4-3-5-7-16/h3-9,12,19H,10-11,13H2,1-2H3. The zero-order valence-corrected chi connectivity index (χ0v) is 11.7. The van der Waals surface area contributed by atoms with Gasteiger partial charge in [-0.1, -0.05) is 48.5 Å². The Hall–Kier alpha value is -1.60. The van der Waals surface area contributed by atoms with Crippen LogP contribution in [0.2, 0.25) is 0 Å². The van der Waals surface area contributed by atoms with Gasteiger partial charge in [-0.15, -0.1) is 0 Å². The molecule has 0 saturated heterocycles. The van der Waals surface area contributed by atoms with Gasteiger partial charge in [0.15, 0.2) is 0 Å². The average molecular weight is 251 g/mol. The van der Waals surface area contributed by atoms with Crippen molar-refractivity contribution in [3.8, 4) is 0 Å². The minimum atomic E-state index is 0.296. The highest BCUT2D eigenvalue weighted by atomic mass is 14.8. The third kappa shape index (κ3) is 2.19. The molecule has 0 heterocycles. The smallest absolute Gasteiger partial charge is 0.0205 e. The van der Waals surface area contributed by atoms with Crippen LogP contribution in [-0.2, 0) is 12.0 Å². The first kappa shape index (κ1) is 12.4. The predicted octanol–water partition coefficient (Wildman–Crippen LogP) is 3.79. The lowest BCUT2D eigenvalue weighted by Crippen LogP contribution is -2.11. The number of aryl methyl sites for hydroxylation is 1. The van der Waals surface area contributed by atoms with E-state index in [-0.39, 0.29) is 0 Å². The van der Waals surface area contributed by atoms with E-state index in [0.29, 0.717) is 5.41 Å². The highest BCUT2D eigenvalue weighted by Gasteiger charge is 2.45. The molecule has 98 valence electrons. The lowest BCUT2D eigenvalue weighted by Gasteiger charge is -2.18. The van der Waals surface area contributed by atoms with Gasteiger partial charge in [-0.25, -0.2) is 0 Å². The fourth-order valence-electron chi connectivity index (χ4n) is 3.01. The second kappa shape index (κ2) is 4.82. The Balaban J connectivity index is 1.97. The third-order valence-corrected chi connectivity index (χ3v) is 4.34. The first-order chi connectivity index (χ1) is 9.26. The van der Waals surface area contributed by atoms with Crippen LogP contribution in [0.25, 0.3) is 0 Å². The summed E-state index contributed by atoms with van der Waals surface area (Å²) >= 11 is 0. The summed E-state index contributed by atoms with van der Waals surface area (Å²) in [6.45, 7) is 3.17. The largest absolute Gasteiger partial charge is 0.316 e. The first-order valence-corrected chi connectivity index (χ1v) is 7.06. The molecule has 0 spiro atoms. The molecule has 1 N–H and O–H groups in total. The Morgan fingerprint density at radius 1 is 1.00 bits per heavy atom. The molecule has 0 bridgehead atoms. The molecular formula is C18H21N. The summed E-state index contributed by atoms with van der Waals surface area (Å²) in [6, 6.07) is 17.9. The van der Waals surface area contributed by atoms with Gasteiger partial charge in [0.1, 0.15) is 0 Å². The van der Waals surface area contributed by atoms with Crippen LogP contribution in [0.15, 0.2) is 48.5 Å². The summed E-state index contributed by atoms with van der Waals surface area (Å²) in [5, 5.41) is 3.23. The van der Waals surface area contributed by atoms with Crippen molar-refractivity contribution in [3.05, 3.63) is 70.8 Å². The van der Waals surface area contributed by atoms with Gasteiger partial charge >= 0.3 is 0 Å². The van der Waals surface area contributed by atoms with Crippen molar-refractivity contribution in [1.29, 1.82) is 0 Å². The second-order valence-corrected chi connectivity index (χ2v) is 5.62. The molecule has 2 aromatic rings. The topological polar surface area (TPSA) is 12.0 Å². The summed E-state index contributed by atoms with van der Waals surface area (Å²) in [5.41, 5.74) is 6.04. The molecule has 1 aliphatic rings. The van der Waals surface area contributed by atoms with Gasteiger partial charge in [-0.2, -0.15) is 0 Å². The van der Waals surface area contributed by atoms with E-state index in [1.165, 1.54) is 35.1 Å². The van der Waals surface area contributed by atoms with Gasteiger partial charge in [0.2, 0.25) is 0 Å². The molecule has 0 aliphatic heterocycles. The molecule has 0 atom stereocenters. The fraction of sp³-hybridized carbons (Fsp3) is 0.333. The molecular weight excluding hydrogens is 230 g/mol. The fourth-order valence-corrected chi connectivity index (χ4v) is 3.01. The zero-order chi connectivity index (χ0) is 13.3. The predicted molar refractivity (Wildman–Crippen MR) is 80.4 cm³/mol. The monoisotopic (exact) mass is 251 g/mol. The first-order valence-electron chi connectivity index (χ1n) is 7.06. The molecule has 1 fully saturated rings. The third-order valence-electron chi connectivity index (χ3n) is 4.34. The molecule has 2 aromatic carbocycles. The van der Waals surface area contributed by atoms with E-state index in [1.807, 2.05) is 7.05 Å². The van der Waals surface area contributed by atoms with E-state index in [0.717, 1.165) is 6.54 Å². The number of nitrogens with one attached hydrogen (secondary N) is 1. The minimum absolute atomic E-state index is 0.296. The van der Waals surface area contributed by atoms with Crippen LogP contribution in [-0.4, -0.2) is 7.05 Å². The minimum Gasteiger partial charge on any atom is -0.316 e. The van der Waals surface area contributed by atoms with E-state index < -0.39 is 0 Å². The molecule has 0 amide bonds. The number of benzene rings is 2. The van der Waals surface area contributed by atoms with Gasteiger partial charge in [-0.3, -0.25) is 0 Å². The Morgan fingerprint density at radius 3 is 2.32 bits per heavy atom. The lowest BCUT2D eigenvalue weighted by molar-refractivity contribution is 0.803. The van der Waals surface area contributed by atoms with Crippen molar-refractivity contribution in [3.63, 3.8) is 0 Å². The normalized spacial score (nSPS) is 16.3. The van der Waals surface area contributed by atoms with E-state index >= 15 is 0 Å². The maximum absolute atomic E-state index is 3.23. The van der Waals surface area contributed by atoms with Crippen LogP contribution < -0.4 is 5.32 Å². The van der Waals surface area contributed by atoms with Gasteiger partial charge in [0.05, 0.1) is 0 Å². The Bertz CT molecular complexity index is 567. The number of rotatable bonds is 4. The SMILES string of the molecule is CNCc1ccc(C2(c3ccccc3)CC2)cc1C. The molecule has 0 radical (unpaired) electrons. The maximum Gasteiger partial charge on any atom is 0.0205 e. The second-order valence-electron chi connectivity index (χ2n) is 5.62. The summed E-state index contributed by atoms with van der Waals surface area (Å²) in [6.07, 6.45) is 2.56. The molecule has 19 heavy (non-hydrogen) atoms. The number of hydrogen-bond acceptors (Lipinski definition) is 1.